The van der Waals surface area contributed by atoms with Gasteiger partial charge in [0.25, 0.3) is 0 Å². The van der Waals surface area contributed by atoms with E-state index in [9.17, 15) is 0 Å². The van der Waals surface area contributed by atoms with E-state index in [0.717, 1.165) is 57.8 Å². The lowest BCUT2D eigenvalue weighted by molar-refractivity contribution is -0.00834. The van der Waals surface area contributed by atoms with Gasteiger partial charge in [-0.2, -0.15) is 0 Å². The van der Waals surface area contributed by atoms with Crippen molar-refractivity contribution >= 4 is 29.9 Å². The van der Waals surface area contributed by atoms with E-state index >= 15 is 0 Å². The van der Waals surface area contributed by atoms with Crippen LogP contribution in [-0.2, 0) is 17.8 Å². The van der Waals surface area contributed by atoms with Crippen LogP contribution in [0.2, 0.25) is 0 Å². The van der Waals surface area contributed by atoms with E-state index in [1.54, 1.807) is 0 Å². The Kier molecular flexibility index (Phi) is 11.0. The van der Waals surface area contributed by atoms with E-state index < -0.39 is 0 Å². The minimum absolute atomic E-state index is 0. The highest BCUT2D eigenvalue weighted by molar-refractivity contribution is 14.0. The number of halogens is 1. The fourth-order valence-corrected chi connectivity index (χ4v) is 4.44. The summed E-state index contributed by atoms with van der Waals surface area (Å²) in [6.45, 7) is 15.7. The van der Waals surface area contributed by atoms with Gasteiger partial charge in [0.15, 0.2) is 5.96 Å². The first-order chi connectivity index (χ1) is 14.5. The number of guanidine groups is 1. The third-order valence-corrected chi connectivity index (χ3v) is 6.41. The van der Waals surface area contributed by atoms with Crippen LogP contribution in [0.15, 0.2) is 29.3 Å². The second-order valence-corrected chi connectivity index (χ2v) is 9.49. The third-order valence-electron chi connectivity index (χ3n) is 6.41. The first-order valence-electron chi connectivity index (χ1n) is 11.5. The van der Waals surface area contributed by atoms with Gasteiger partial charge in [0.05, 0.1) is 13.2 Å². The summed E-state index contributed by atoms with van der Waals surface area (Å²) in [5.74, 6) is 1.68. The maximum Gasteiger partial charge on any atom is 0.191 e. The molecule has 1 aromatic carbocycles. The lowest BCUT2D eigenvalue weighted by Gasteiger charge is -2.41. The number of ether oxygens (including phenoxy) is 1. The van der Waals surface area contributed by atoms with E-state index in [-0.39, 0.29) is 29.5 Å². The number of hydrogen-bond acceptors (Lipinski definition) is 4. The Hall–Kier alpha value is -0.900. The van der Waals surface area contributed by atoms with Gasteiger partial charge in [-0.15, -0.1) is 24.0 Å². The molecule has 0 spiro atoms. The van der Waals surface area contributed by atoms with Crippen LogP contribution in [0, 0.1) is 5.92 Å². The van der Waals surface area contributed by atoms with Crippen LogP contribution in [0.5, 0.6) is 0 Å². The smallest absolute Gasteiger partial charge is 0.191 e. The lowest BCUT2D eigenvalue weighted by Crippen LogP contribution is -2.56. The molecule has 6 nitrogen and oxygen atoms in total. The highest BCUT2D eigenvalue weighted by Gasteiger charge is 2.28. The second kappa shape index (κ2) is 13.0. The summed E-state index contributed by atoms with van der Waals surface area (Å²) in [6, 6.07) is 9.02. The molecule has 1 atom stereocenters. The van der Waals surface area contributed by atoms with Gasteiger partial charge in [-0.1, -0.05) is 31.2 Å². The molecular weight excluding hydrogens is 501 g/mol. The number of nitrogens with one attached hydrogen (secondary N) is 2. The number of rotatable bonds is 7. The Labute approximate surface area is 206 Å². The highest BCUT2D eigenvalue weighted by Crippen LogP contribution is 2.18. The zero-order valence-corrected chi connectivity index (χ0v) is 22.2. The molecule has 0 amide bonds. The molecule has 2 N–H and O–H groups in total. The average molecular weight is 544 g/mol. The summed E-state index contributed by atoms with van der Waals surface area (Å²) in [5.41, 5.74) is 2.75. The largest absolute Gasteiger partial charge is 0.379 e. The predicted octanol–water partition coefficient (Wildman–Crippen LogP) is 3.31. The van der Waals surface area contributed by atoms with Crippen molar-refractivity contribution in [3.8, 4) is 0 Å². The summed E-state index contributed by atoms with van der Waals surface area (Å²) < 4.78 is 5.48. The molecular formula is C24H42IN5O. The van der Waals surface area contributed by atoms with Crippen molar-refractivity contribution in [3.05, 3.63) is 35.4 Å². The number of morpholine rings is 1. The minimum Gasteiger partial charge on any atom is -0.379 e. The van der Waals surface area contributed by atoms with Crippen molar-refractivity contribution < 1.29 is 4.74 Å². The number of likely N-dealkylation sites (tertiary alicyclic amines) is 1. The molecule has 7 heteroatoms. The Balaban J connectivity index is 0.00000341. The van der Waals surface area contributed by atoms with E-state index in [2.05, 4.69) is 70.5 Å². The fourth-order valence-electron chi connectivity index (χ4n) is 4.44. The Morgan fingerprint density at radius 2 is 1.77 bits per heavy atom. The van der Waals surface area contributed by atoms with Crippen molar-refractivity contribution in [3.63, 3.8) is 0 Å². The number of nitrogens with zero attached hydrogens (tertiary/aromatic N) is 3. The second-order valence-electron chi connectivity index (χ2n) is 9.49. The van der Waals surface area contributed by atoms with Crippen LogP contribution in [0.25, 0.3) is 0 Å². The van der Waals surface area contributed by atoms with Gasteiger partial charge in [-0.05, 0) is 50.3 Å². The minimum atomic E-state index is 0. The zero-order valence-electron chi connectivity index (χ0n) is 19.8. The van der Waals surface area contributed by atoms with Crippen molar-refractivity contribution in [2.45, 2.75) is 52.2 Å². The fraction of sp³-hybridized carbons (Fsp3) is 0.708. The lowest BCUT2D eigenvalue weighted by atomic mass is 9.99. The molecule has 2 fully saturated rings. The molecule has 0 bridgehead atoms. The van der Waals surface area contributed by atoms with Gasteiger partial charge in [0.2, 0.25) is 0 Å². The summed E-state index contributed by atoms with van der Waals surface area (Å²) in [7, 11) is 1.83. The number of piperidine rings is 1. The molecule has 176 valence electrons. The van der Waals surface area contributed by atoms with Crippen LogP contribution in [0.3, 0.4) is 0 Å². The van der Waals surface area contributed by atoms with Gasteiger partial charge in [-0.25, -0.2) is 0 Å². The average Bonchev–Trinajstić information content (AvgIpc) is 2.75. The molecule has 0 aromatic heterocycles. The molecule has 1 unspecified atom stereocenters. The summed E-state index contributed by atoms with van der Waals surface area (Å²) in [5, 5.41) is 6.95. The van der Waals surface area contributed by atoms with Gasteiger partial charge in [0.1, 0.15) is 0 Å². The SMILES string of the molecule is CN=C(NCc1ccc(CN2CCCC(C)C2)cc1)NCC(C)(C)N1CCOCC1.I. The zero-order chi connectivity index (χ0) is 21.4. The summed E-state index contributed by atoms with van der Waals surface area (Å²) in [6.07, 6.45) is 2.71. The molecule has 0 saturated carbocycles. The van der Waals surface area contributed by atoms with E-state index in [0.29, 0.717) is 0 Å². The summed E-state index contributed by atoms with van der Waals surface area (Å²) in [4.78, 5) is 9.47. The van der Waals surface area contributed by atoms with Crippen LogP contribution in [0.1, 0.15) is 44.7 Å². The van der Waals surface area contributed by atoms with Gasteiger partial charge in [0, 0.05) is 51.9 Å². The summed E-state index contributed by atoms with van der Waals surface area (Å²) >= 11 is 0. The quantitative estimate of drug-likeness (QED) is 0.314. The maximum absolute atomic E-state index is 5.48. The molecule has 0 radical (unpaired) electrons. The molecule has 0 aliphatic carbocycles. The standard InChI is InChI=1S/C24H41N5O.HI/c1-20-6-5-11-28(17-20)18-22-9-7-21(8-10-22)16-26-23(25-4)27-19-24(2,3)29-12-14-30-15-13-29;/h7-10,20H,5-6,11-19H2,1-4H3,(H2,25,26,27);1H. The normalized spacial score (nSPS) is 21.4. The van der Waals surface area contributed by atoms with Crippen LogP contribution in [0.4, 0.5) is 0 Å². The van der Waals surface area contributed by atoms with E-state index in [1.807, 2.05) is 7.05 Å². The molecule has 2 heterocycles. The first-order valence-corrected chi connectivity index (χ1v) is 11.5. The van der Waals surface area contributed by atoms with Crippen LogP contribution < -0.4 is 10.6 Å². The predicted molar refractivity (Wildman–Crippen MR) is 140 cm³/mol. The molecule has 1 aromatic rings. The molecule has 31 heavy (non-hydrogen) atoms. The number of hydrogen-bond donors (Lipinski definition) is 2. The number of aliphatic imine (C=N–C) groups is 1. The number of benzene rings is 1. The van der Waals surface area contributed by atoms with Crippen LogP contribution >= 0.6 is 24.0 Å². The molecule has 3 rings (SSSR count). The Morgan fingerprint density at radius 1 is 1.10 bits per heavy atom. The molecule has 2 aliphatic rings. The van der Waals surface area contributed by atoms with E-state index in [4.69, 9.17) is 4.74 Å². The van der Waals surface area contributed by atoms with Crippen LogP contribution in [-0.4, -0.2) is 74.3 Å². The van der Waals surface area contributed by atoms with Crippen molar-refractivity contribution in [1.29, 1.82) is 0 Å². The topological polar surface area (TPSA) is 52.1 Å². The first kappa shape index (κ1) is 26.4. The molecule has 2 saturated heterocycles. The van der Waals surface area contributed by atoms with Crippen molar-refractivity contribution in [2.24, 2.45) is 10.9 Å². The monoisotopic (exact) mass is 543 g/mol. The highest BCUT2D eigenvalue weighted by atomic mass is 127. The van der Waals surface area contributed by atoms with Crippen molar-refractivity contribution in [2.75, 3.05) is 53.0 Å². The Bertz CT molecular complexity index is 673. The maximum atomic E-state index is 5.48. The third kappa shape index (κ3) is 8.51. The Morgan fingerprint density at radius 3 is 2.42 bits per heavy atom. The molecule has 2 aliphatic heterocycles. The van der Waals surface area contributed by atoms with Gasteiger partial charge in [-0.3, -0.25) is 14.8 Å². The van der Waals surface area contributed by atoms with Crippen molar-refractivity contribution in [1.82, 2.24) is 20.4 Å². The van der Waals surface area contributed by atoms with E-state index in [1.165, 1.54) is 37.1 Å². The van der Waals surface area contributed by atoms with Gasteiger partial charge < -0.3 is 15.4 Å². The van der Waals surface area contributed by atoms with Gasteiger partial charge >= 0.3 is 0 Å².